The highest BCUT2D eigenvalue weighted by molar-refractivity contribution is 7.80. The molecule has 5 heteroatoms. The van der Waals surface area contributed by atoms with Crippen molar-refractivity contribution in [1.82, 2.24) is 15.0 Å². The fourth-order valence-corrected chi connectivity index (χ4v) is 1.86. The van der Waals surface area contributed by atoms with Crippen LogP contribution in [0.15, 0.2) is 0 Å². The minimum absolute atomic E-state index is 0.352. The standard InChI is InChI=1S/C11H20N4S/c1-3-5-6-8-15-9(7-4-2)10(11(12)16)13-14-15/h3-8H2,1-2H3,(H2,12,16). The fraction of sp³-hybridized carbons (Fsp3) is 0.727. The summed E-state index contributed by atoms with van der Waals surface area (Å²) in [4.78, 5) is 0.352. The Morgan fingerprint density at radius 2 is 2.06 bits per heavy atom. The van der Waals surface area contributed by atoms with Gasteiger partial charge in [-0.3, -0.25) is 0 Å². The second-order valence-corrected chi connectivity index (χ2v) is 4.37. The van der Waals surface area contributed by atoms with E-state index in [1.54, 1.807) is 0 Å². The van der Waals surface area contributed by atoms with Gasteiger partial charge in [0, 0.05) is 6.54 Å². The Morgan fingerprint density at radius 1 is 1.31 bits per heavy atom. The van der Waals surface area contributed by atoms with Crippen molar-refractivity contribution in [1.29, 1.82) is 0 Å². The van der Waals surface area contributed by atoms with E-state index in [4.69, 9.17) is 18.0 Å². The third-order valence-electron chi connectivity index (χ3n) is 2.53. The van der Waals surface area contributed by atoms with E-state index >= 15 is 0 Å². The fourth-order valence-electron chi connectivity index (χ4n) is 1.70. The molecule has 90 valence electrons. The van der Waals surface area contributed by atoms with Gasteiger partial charge < -0.3 is 5.73 Å². The van der Waals surface area contributed by atoms with Gasteiger partial charge in [-0.1, -0.05) is 50.5 Å². The highest BCUT2D eigenvalue weighted by Crippen LogP contribution is 2.10. The Balaban J connectivity index is 2.78. The van der Waals surface area contributed by atoms with E-state index in [0.29, 0.717) is 10.7 Å². The molecule has 0 aliphatic rings. The largest absolute Gasteiger partial charge is 0.388 e. The van der Waals surface area contributed by atoms with Crippen LogP contribution >= 0.6 is 12.2 Å². The zero-order valence-electron chi connectivity index (χ0n) is 10.1. The average molecular weight is 240 g/mol. The maximum Gasteiger partial charge on any atom is 0.143 e. The van der Waals surface area contributed by atoms with Crippen molar-refractivity contribution in [3.05, 3.63) is 11.4 Å². The first-order valence-electron chi connectivity index (χ1n) is 5.92. The second kappa shape index (κ2) is 6.58. The minimum Gasteiger partial charge on any atom is -0.388 e. The highest BCUT2D eigenvalue weighted by atomic mass is 32.1. The molecule has 0 bridgehead atoms. The third kappa shape index (κ3) is 3.27. The molecule has 1 heterocycles. The highest BCUT2D eigenvalue weighted by Gasteiger charge is 2.13. The van der Waals surface area contributed by atoms with Gasteiger partial charge in [0.15, 0.2) is 0 Å². The summed E-state index contributed by atoms with van der Waals surface area (Å²) < 4.78 is 1.95. The van der Waals surface area contributed by atoms with E-state index in [1.165, 1.54) is 12.8 Å². The van der Waals surface area contributed by atoms with E-state index in [9.17, 15) is 0 Å². The molecule has 0 atom stereocenters. The van der Waals surface area contributed by atoms with Crippen molar-refractivity contribution in [2.75, 3.05) is 0 Å². The van der Waals surface area contributed by atoms with Crippen LogP contribution in [0.4, 0.5) is 0 Å². The van der Waals surface area contributed by atoms with Crippen molar-refractivity contribution in [2.45, 2.75) is 52.5 Å². The number of unbranched alkanes of at least 4 members (excludes halogenated alkanes) is 2. The smallest absolute Gasteiger partial charge is 0.143 e. The molecule has 1 aromatic heterocycles. The van der Waals surface area contributed by atoms with Crippen LogP contribution in [-0.2, 0) is 13.0 Å². The lowest BCUT2D eigenvalue weighted by Crippen LogP contribution is -2.14. The molecule has 4 nitrogen and oxygen atoms in total. The molecular weight excluding hydrogens is 220 g/mol. The Hall–Kier alpha value is -0.970. The molecule has 0 amide bonds. The Bertz CT molecular complexity index is 346. The molecule has 0 fully saturated rings. The molecule has 1 aromatic rings. The van der Waals surface area contributed by atoms with Crippen LogP contribution in [0.3, 0.4) is 0 Å². The van der Waals surface area contributed by atoms with Gasteiger partial charge in [0.05, 0.1) is 5.69 Å². The van der Waals surface area contributed by atoms with Crippen LogP contribution in [0.2, 0.25) is 0 Å². The third-order valence-corrected chi connectivity index (χ3v) is 2.72. The number of rotatable bonds is 7. The Kier molecular flexibility index (Phi) is 5.38. The molecule has 0 saturated heterocycles. The zero-order valence-corrected chi connectivity index (χ0v) is 10.9. The molecule has 1 rings (SSSR count). The maximum atomic E-state index is 5.63. The van der Waals surface area contributed by atoms with Crippen molar-refractivity contribution < 1.29 is 0 Å². The van der Waals surface area contributed by atoms with Gasteiger partial charge >= 0.3 is 0 Å². The van der Waals surface area contributed by atoms with E-state index in [2.05, 4.69) is 24.2 Å². The Labute approximate surface area is 102 Å². The normalized spacial score (nSPS) is 10.6. The van der Waals surface area contributed by atoms with Gasteiger partial charge in [-0.15, -0.1) is 5.10 Å². The van der Waals surface area contributed by atoms with Gasteiger partial charge in [-0.05, 0) is 12.8 Å². The van der Waals surface area contributed by atoms with Crippen LogP contribution in [0.25, 0.3) is 0 Å². The molecular formula is C11H20N4S. The van der Waals surface area contributed by atoms with Crippen LogP contribution in [0.5, 0.6) is 0 Å². The summed E-state index contributed by atoms with van der Waals surface area (Å²) in [5.74, 6) is 0. The van der Waals surface area contributed by atoms with Crippen molar-refractivity contribution in [3.8, 4) is 0 Å². The average Bonchev–Trinajstić information content (AvgIpc) is 2.63. The predicted molar refractivity (Wildman–Crippen MR) is 69.4 cm³/mol. The molecule has 2 N–H and O–H groups in total. The quantitative estimate of drug-likeness (QED) is 0.585. The maximum absolute atomic E-state index is 5.63. The first kappa shape index (κ1) is 13.1. The summed E-state index contributed by atoms with van der Waals surface area (Å²) in [5.41, 5.74) is 7.42. The van der Waals surface area contributed by atoms with Gasteiger partial charge in [-0.25, -0.2) is 4.68 Å². The predicted octanol–water partition coefficient (Wildman–Crippen LogP) is 2.06. The lowest BCUT2D eigenvalue weighted by molar-refractivity contribution is 0.518. The van der Waals surface area contributed by atoms with Crippen LogP contribution in [0, 0.1) is 0 Å². The molecule has 0 spiro atoms. The summed E-state index contributed by atoms with van der Waals surface area (Å²) in [5, 5.41) is 8.19. The van der Waals surface area contributed by atoms with Gasteiger partial charge in [0.2, 0.25) is 0 Å². The number of aromatic nitrogens is 3. The monoisotopic (exact) mass is 240 g/mol. The minimum atomic E-state index is 0.352. The first-order valence-corrected chi connectivity index (χ1v) is 6.33. The summed E-state index contributed by atoms with van der Waals surface area (Å²) in [6.45, 7) is 5.24. The molecule has 0 aliphatic carbocycles. The summed E-state index contributed by atoms with van der Waals surface area (Å²) in [6, 6.07) is 0. The molecule has 0 radical (unpaired) electrons. The molecule has 0 unspecified atom stereocenters. The number of hydrogen-bond acceptors (Lipinski definition) is 3. The summed E-state index contributed by atoms with van der Waals surface area (Å²) in [7, 11) is 0. The molecule has 0 saturated carbocycles. The lowest BCUT2D eigenvalue weighted by atomic mass is 10.2. The van der Waals surface area contributed by atoms with Crippen molar-refractivity contribution >= 4 is 17.2 Å². The summed E-state index contributed by atoms with van der Waals surface area (Å²) in [6.07, 6.45) is 5.55. The van der Waals surface area contributed by atoms with E-state index in [1.807, 2.05) is 4.68 Å². The number of nitrogens with two attached hydrogens (primary N) is 1. The molecule has 0 aliphatic heterocycles. The lowest BCUT2D eigenvalue weighted by Gasteiger charge is -2.06. The number of aryl methyl sites for hydroxylation is 1. The van der Waals surface area contributed by atoms with Crippen molar-refractivity contribution in [2.24, 2.45) is 5.73 Å². The van der Waals surface area contributed by atoms with Crippen LogP contribution in [-0.4, -0.2) is 20.0 Å². The molecule has 0 aromatic carbocycles. The van der Waals surface area contributed by atoms with Crippen LogP contribution in [0.1, 0.15) is 50.9 Å². The first-order chi connectivity index (χ1) is 7.70. The van der Waals surface area contributed by atoms with E-state index in [0.717, 1.165) is 31.5 Å². The van der Waals surface area contributed by atoms with E-state index < -0.39 is 0 Å². The van der Waals surface area contributed by atoms with Crippen LogP contribution < -0.4 is 5.73 Å². The SMILES string of the molecule is CCCCCn1nnc(C(N)=S)c1CCC. The van der Waals surface area contributed by atoms with Crippen molar-refractivity contribution in [3.63, 3.8) is 0 Å². The zero-order chi connectivity index (χ0) is 12.0. The summed E-state index contributed by atoms with van der Waals surface area (Å²) >= 11 is 4.97. The number of hydrogen-bond donors (Lipinski definition) is 1. The molecule has 16 heavy (non-hydrogen) atoms. The second-order valence-electron chi connectivity index (χ2n) is 3.93. The number of thiocarbonyl (C=S) groups is 1. The Morgan fingerprint density at radius 3 is 2.62 bits per heavy atom. The van der Waals surface area contributed by atoms with Gasteiger partial charge in [0.1, 0.15) is 10.7 Å². The van der Waals surface area contributed by atoms with Gasteiger partial charge in [-0.2, -0.15) is 0 Å². The topological polar surface area (TPSA) is 56.7 Å². The van der Waals surface area contributed by atoms with Gasteiger partial charge in [0.25, 0.3) is 0 Å². The number of nitrogens with zero attached hydrogens (tertiary/aromatic N) is 3. The van der Waals surface area contributed by atoms with E-state index in [-0.39, 0.29) is 0 Å².